The summed E-state index contributed by atoms with van der Waals surface area (Å²) in [5.41, 5.74) is 8.48. The monoisotopic (exact) mass is 228 g/mol. The zero-order valence-corrected chi connectivity index (χ0v) is 9.94. The molecule has 1 aliphatic carbocycles. The molecule has 1 fully saturated rings. The highest BCUT2D eigenvalue weighted by Gasteiger charge is 2.26. The van der Waals surface area contributed by atoms with Crippen molar-refractivity contribution in [3.63, 3.8) is 0 Å². The van der Waals surface area contributed by atoms with Gasteiger partial charge in [-0.25, -0.2) is 0 Å². The minimum Gasteiger partial charge on any atom is -0.366 e. The summed E-state index contributed by atoms with van der Waals surface area (Å²) < 4.78 is 2.42. The van der Waals surface area contributed by atoms with Gasteiger partial charge in [0.2, 0.25) is 5.91 Å². The molecule has 1 aromatic heterocycles. The first-order valence-corrected chi connectivity index (χ1v) is 6.14. The summed E-state index contributed by atoms with van der Waals surface area (Å²) in [6.45, 7) is 2.17. The van der Waals surface area contributed by atoms with Gasteiger partial charge in [-0.05, 0) is 43.5 Å². The SMILES string of the molecule is CCc1cc2cc(C(N)=O)ccc2n1C1CC1. The average molecular weight is 228 g/mol. The molecule has 2 aromatic rings. The van der Waals surface area contributed by atoms with E-state index < -0.39 is 0 Å². The molecule has 0 unspecified atom stereocenters. The van der Waals surface area contributed by atoms with Gasteiger partial charge in [-0.3, -0.25) is 4.79 Å². The molecule has 0 aliphatic heterocycles. The van der Waals surface area contributed by atoms with Crippen LogP contribution < -0.4 is 5.73 Å². The Labute approximate surface area is 100 Å². The third-order valence-electron chi connectivity index (χ3n) is 3.48. The number of benzene rings is 1. The summed E-state index contributed by atoms with van der Waals surface area (Å²) in [5, 5.41) is 1.13. The molecule has 3 nitrogen and oxygen atoms in total. The van der Waals surface area contributed by atoms with Crippen molar-refractivity contribution in [1.82, 2.24) is 4.57 Å². The van der Waals surface area contributed by atoms with E-state index in [-0.39, 0.29) is 5.91 Å². The van der Waals surface area contributed by atoms with Crippen molar-refractivity contribution in [3.8, 4) is 0 Å². The molecular formula is C14H16N2O. The maximum atomic E-state index is 11.2. The van der Waals surface area contributed by atoms with E-state index in [0.29, 0.717) is 11.6 Å². The highest BCUT2D eigenvalue weighted by Crippen LogP contribution is 2.39. The minimum atomic E-state index is -0.357. The van der Waals surface area contributed by atoms with Crippen LogP contribution in [0.25, 0.3) is 10.9 Å². The molecule has 1 amide bonds. The number of nitrogens with two attached hydrogens (primary N) is 1. The molecule has 0 radical (unpaired) electrons. The van der Waals surface area contributed by atoms with Gasteiger partial charge in [-0.15, -0.1) is 0 Å². The van der Waals surface area contributed by atoms with E-state index in [1.165, 1.54) is 24.1 Å². The van der Waals surface area contributed by atoms with E-state index in [1.54, 1.807) is 0 Å². The Bertz CT molecular complexity index is 594. The van der Waals surface area contributed by atoms with Crippen molar-refractivity contribution in [2.24, 2.45) is 5.73 Å². The topological polar surface area (TPSA) is 48.0 Å². The predicted octanol–water partition coefficient (Wildman–Crippen LogP) is 2.64. The number of nitrogens with zero attached hydrogens (tertiary/aromatic N) is 1. The van der Waals surface area contributed by atoms with Crippen LogP contribution >= 0.6 is 0 Å². The molecule has 1 aromatic carbocycles. The summed E-state index contributed by atoms with van der Waals surface area (Å²) >= 11 is 0. The number of hydrogen-bond acceptors (Lipinski definition) is 1. The second-order valence-corrected chi connectivity index (χ2v) is 4.73. The smallest absolute Gasteiger partial charge is 0.248 e. The largest absolute Gasteiger partial charge is 0.366 e. The van der Waals surface area contributed by atoms with Crippen LogP contribution in [0.15, 0.2) is 24.3 Å². The number of fused-ring (bicyclic) bond motifs is 1. The van der Waals surface area contributed by atoms with E-state index in [0.717, 1.165) is 11.8 Å². The maximum Gasteiger partial charge on any atom is 0.248 e. The van der Waals surface area contributed by atoms with Gasteiger partial charge in [0.1, 0.15) is 0 Å². The summed E-state index contributed by atoms with van der Waals surface area (Å²) in [7, 11) is 0. The first-order chi connectivity index (χ1) is 8.20. The molecule has 1 aliphatic rings. The zero-order chi connectivity index (χ0) is 12.0. The van der Waals surface area contributed by atoms with Crippen molar-refractivity contribution in [1.29, 1.82) is 0 Å². The van der Waals surface area contributed by atoms with Gasteiger partial charge in [-0.1, -0.05) is 6.92 Å². The summed E-state index contributed by atoms with van der Waals surface area (Å²) in [6.07, 6.45) is 3.57. The van der Waals surface area contributed by atoms with Crippen molar-refractivity contribution < 1.29 is 4.79 Å². The number of carbonyl (C=O) groups is 1. The minimum absolute atomic E-state index is 0.357. The lowest BCUT2D eigenvalue weighted by Crippen LogP contribution is -2.10. The highest BCUT2D eigenvalue weighted by atomic mass is 16.1. The number of rotatable bonds is 3. The lowest BCUT2D eigenvalue weighted by atomic mass is 10.1. The van der Waals surface area contributed by atoms with Crippen molar-refractivity contribution in [2.75, 3.05) is 0 Å². The van der Waals surface area contributed by atoms with Crippen LogP contribution in [-0.4, -0.2) is 10.5 Å². The fourth-order valence-electron chi connectivity index (χ4n) is 2.48. The third kappa shape index (κ3) is 1.62. The van der Waals surface area contributed by atoms with Gasteiger partial charge in [0.25, 0.3) is 0 Å². The normalized spacial score (nSPS) is 15.4. The van der Waals surface area contributed by atoms with Crippen LogP contribution in [0.2, 0.25) is 0 Å². The fourth-order valence-corrected chi connectivity index (χ4v) is 2.48. The molecular weight excluding hydrogens is 212 g/mol. The van der Waals surface area contributed by atoms with E-state index in [1.807, 2.05) is 18.2 Å². The molecule has 88 valence electrons. The van der Waals surface area contributed by atoms with E-state index in [2.05, 4.69) is 17.6 Å². The molecule has 0 bridgehead atoms. The second kappa shape index (κ2) is 3.62. The van der Waals surface area contributed by atoms with Gasteiger partial charge in [0, 0.05) is 28.2 Å². The predicted molar refractivity (Wildman–Crippen MR) is 68.1 cm³/mol. The van der Waals surface area contributed by atoms with Gasteiger partial charge in [0.15, 0.2) is 0 Å². The number of aryl methyl sites for hydroxylation is 1. The Balaban J connectivity index is 2.22. The van der Waals surface area contributed by atoms with Crippen LogP contribution in [-0.2, 0) is 6.42 Å². The second-order valence-electron chi connectivity index (χ2n) is 4.73. The Kier molecular flexibility index (Phi) is 2.21. The molecule has 1 saturated carbocycles. The van der Waals surface area contributed by atoms with Gasteiger partial charge >= 0.3 is 0 Å². The maximum absolute atomic E-state index is 11.2. The first kappa shape index (κ1) is 10.4. The molecule has 0 spiro atoms. The Morgan fingerprint density at radius 3 is 2.76 bits per heavy atom. The lowest BCUT2D eigenvalue weighted by Gasteiger charge is -2.07. The first-order valence-electron chi connectivity index (χ1n) is 6.14. The number of carbonyl (C=O) groups excluding carboxylic acids is 1. The van der Waals surface area contributed by atoms with Crippen molar-refractivity contribution in [2.45, 2.75) is 32.2 Å². The summed E-state index contributed by atoms with van der Waals surface area (Å²) in [5.74, 6) is -0.357. The standard InChI is InChI=1S/C14H16N2O/c1-2-11-8-10-7-9(14(15)17)3-6-13(10)16(11)12-4-5-12/h3,6-8,12H,2,4-5H2,1H3,(H2,15,17). The van der Waals surface area contributed by atoms with E-state index in [4.69, 9.17) is 5.73 Å². The number of primary amides is 1. The van der Waals surface area contributed by atoms with Crippen molar-refractivity contribution in [3.05, 3.63) is 35.5 Å². The molecule has 17 heavy (non-hydrogen) atoms. The highest BCUT2D eigenvalue weighted by molar-refractivity contribution is 5.97. The van der Waals surface area contributed by atoms with Crippen molar-refractivity contribution >= 4 is 16.8 Å². The summed E-state index contributed by atoms with van der Waals surface area (Å²) in [4.78, 5) is 11.2. The quantitative estimate of drug-likeness (QED) is 0.862. The van der Waals surface area contributed by atoms with Crippen LogP contribution in [0.4, 0.5) is 0 Å². The molecule has 2 N–H and O–H groups in total. The number of aromatic nitrogens is 1. The van der Waals surface area contributed by atoms with E-state index >= 15 is 0 Å². The van der Waals surface area contributed by atoms with Crippen LogP contribution in [0.3, 0.4) is 0 Å². The average Bonchev–Trinajstić information content (AvgIpc) is 3.08. The van der Waals surface area contributed by atoms with Crippen LogP contribution in [0.5, 0.6) is 0 Å². The molecule has 0 atom stereocenters. The number of amides is 1. The fraction of sp³-hybridized carbons (Fsp3) is 0.357. The van der Waals surface area contributed by atoms with E-state index in [9.17, 15) is 4.79 Å². The van der Waals surface area contributed by atoms with Gasteiger partial charge < -0.3 is 10.3 Å². The number of hydrogen-bond donors (Lipinski definition) is 1. The molecule has 3 heteroatoms. The lowest BCUT2D eigenvalue weighted by molar-refractivity contribution is 0.100. The molecule has 1 heterocycles. The van der Waals surface area contributed by atoms with Crippen LogP contribution in [0, 0.1) is 0 Å². The molecule has 3 rings (SSSR count). The van der Waals surface area contributed by atoms with Gasteiger partial charge in [0.05, 0.1) is 0 Å². The zero-order valence-electron chi connectivity index (χ0n) is 9.94. The Hall–Kier alpha value is -1.77. The Morgan fingerprint density at radius 1 is 1.41 bits per heavy atom. The van der Waals surface area contributed by atoms with Gasteiger partial charge in [-0.2, -0.15) is 0 Å². The Morgan fingerprint density at radius 2 is 2.18 bits per heavy atom. The third-order valence-corrected chi connectivity index (χ3v) is 3.48. The molecule has 0 saturated heterocycles. The summed E-state index contributed by atoms with van der Waals surface area (Å²) in [6, 6.07) is 8.59. The van der Waals surface area contributed by atoms with Crippen LogP contribution in [0.1, 0.15) is 41.9 Å².